The SMILES string of the molecule is CCCCOCCCNC(=O)/C(C#N)=C\NCCCN1CCCC1=O. The van der Waals surface area contributed by atoms with Crippen LogP contribution < -0.4 is 10.6 Å². The molecule has 2 amide bonds. The van der Waals surface area contributed by atoms with Crippen molar-refractivity contribution >= 4 is 11.8 Å². The van der Waals surface area contributed by atoms with Crippen LogP contribution in [0.2, 0.25) is 0 Å². The predicted molar refractivity (Wildman–Crippen MR) is 95.5 cm³/mol. The largest absolute Gasteiger partial charge is 0.390 e. The topological polar surface area (TPSA) is 94.5 Å². The number of hydrogen-bond acceptors (Lipinski definition) is 5. The van der Waals surface area contributed by atoms with Gasteiger partial charge in [0.05, 0.1) is 0 Å². The summed E-state index contributed by atoms with van der Waals surface area (Å²) >= 11 is 0. The summed E-state index contributed by atoms with van der Waals surface area (Å²) in [4.78, 5) is 25.2. The van der Waals surface area contributed by atoms with Gasteiger partial charge in [0, 0.05) is 52.0 Å². The van der Waals surface area contributed by atoms with Gasteiger partial charge in [0.2, 0.25) is 5.91 Å². The van der Waals surface area contributed by atoms with Crippen LogP contribution in [0.1, 0.15) is 45.4 Å². The number of rotatable bonds is 13. The zero-order valence-corrected chi connectivity index (χ0v) is 15.2. The smallest absolute Gasteiger partial charge is 0.263 e. The first-order valence-corrected chi connectivity index (χ1v) is 9.16. The molecule has 140 valence electrons. The van der Waals surface area contributed by atoms with Crippen molar-refractivity contribution in [2.24, 2.45) is 0 Å². The summed E-state index contributed by atoms with van der Waals surface area (Å²) in [5, 5.41) is 14.7. The normalized spacial score (nSPS) is 14.5. The van der Waals surface area contributed by atoms with Gasteiger partial charge in [-0.05, 0) is 25.7 Å². The average Bonchev–Trinajstić information content (AvgIpc) is 3.02. The minimum absolute atomic E-state index is 0.0594. The Hall–Kier alpha value is -2.07. The Balaban J connectivity index is 2.12. The fourth-order valence-electron chi connectivity index (χ4n) is 2.46. The molecule has 0 saturated carbocycles. The fraction of sp³-hybridized carbons (Fsp3) is 0.722. The van der Waals surface area contributed by atoms with E-state index in [1.165, 1.54) is 6.20 Å². The van der Waals surface area contributed by atoms with Crippen molar-refractivity contribution in [2.75, 3.05) is 39.4 Å². The number of hydrogen-bond donors (Lipinski definition) is 2. The molecule has 1 heterocycles. The number of unbranched alkanes of at least 4 members (excludes halogenated alkanes) is 1. The third-order valence-corrected chi connectivity index (χ3v) is 3.93. The maximum atomic E-state index is 11.9. The number of carbonyl (C=O) groups excluding carboxylic acids is 2. The van der Waals surface area contributed by atoms with Crippen LogP contribution in [0, 0.1) is 11.3 Å². The Bertz CT molecular complexity index is 485. The molecule has 1 saturated heterocycles. The first-order valence-electron chi connectivity index (χ1n) is 9.16. The first-order chi connectivity index (χ1) is 12.2. The standard InChI is InChI=1S/C18H30N4O3/c1-2-3-12-25-13-6-9-21-18(24)16(14-19)15-20-8-5-11-22-10-4-7-17(22)23/h15,20H,2-13H2,1H3,(H,21,24)/b16-15-. The lowest BCUT2D eigenvalue weighted by molar-refractivity contribution is -0.127. The van der Waals surface area contributed by atoms with Gasteiger partial charge in [-0.3, -0.25) is 9.59 Å². The molecular formula is C18H30N4O3. The van der Waals surface area contributed by atoms with Crippen LogP contribution in [-0.2, 0) is 14.3 Å². The van der Waals surface area contributed by atoms with E-state index in [1.807, 2.05) is 11.0 Å². The molecule has 0 aromatic heterocycles. The van der Waals surface area contributed by atoms with E-state index in [4.69, 9.17) is 10.00 Å². The highest BCUT2D eigenvalue weighted by Crippen LogP contribution is 2.09. The van der Waals surface area contributed by atoms with E-state index in [9.17, 15) is 9.59 Å². The molecule has 0 radical (unpaired) electrons. The van der Waals surface area contributed by atoms with Gasteiger partial charge in [0.25, 0.3) is 5.91 Å². The Morgan fingerprint density at radius 2 is 2.12 bits per heavy atom. The van der Waals surface area contributed by atoms with Crippen LogP contribution >= 0.6 is 0 Å². The summed E-state index contributed by atoms with van der Waals surface area (Å²) in [7, 11) is 0. The van der Waals surface area contributed by atoms with Gasteiger partial charge in [-0.15, -0.1) is 0 Å². The first kappa shape index (κ1) is 21.0. The van der Waals surface area contributed by atoms with Crippen molar-refractivity contribution in [1.82, 2.24) is 15.5 Å². The molecule has 0 aromatic rings. The fourth-order valence-corrected chi connectivity index (χ4v) is 2.46. The van der Waals surface area contributed by atoms with Gasteiger partial charge >= 0.3 is 0 Å². The molecule has 25 heavy (non-hydrogen) atoms. The van der Waals surface area contributed by atoms with Crippen LogP contribution in [0.15, 0.2) is 11.8 Å². The Labute approximate surface area is 150 Å². The van der Waals surface area contributed by atoms with Gasteiger partial charge < -0.3 is 20.3 Å². The Kier molecular flexibility index (Phi) is 11.1. The molecule has 0 unspecified atom stereocenters. The quantitative estimate of drug-likeness (QED) is 0.297. The predicted octanol–water partition coefficient (Wildman–Crippen LogP) is 1.32. The lowest BCUT2D eigenvalue weighted by Crippen LogP contribution is -2.29. The molecular weight excluding hydrogens is 320 g/mol. The summed E-state index contributed by atoms with van der Waals surface area (Å²) in [6.45, 7) is 6.13. The second-order valence-electron chi connectivity index (χ2n) is 6.04. The highest BCUT2D eigenvalue weighted by atomic mass is 16.5. The lowest BCUT2D eigenvalue weighted by atomic mass is 10.3. The molecule has 0 spiro atoms. The van der Waals surface area contributed by atoms with E-state index in [0.29, 0.717) is 32.7 Å². The van der Waals surface area contributed by atoms with Crippen LogP contribution in [0.25, 0.3) is 0 Å². The minimum Gasteiger partial charge on any atom is -0.390 e. The minimum atomic E-state index is -0.377. The lowest BCUT2D eigenvalue weighted by Gasteiger charge is -2.14. The van der Waals surface area contributed by atoms with Gasteiger partial charge in [0.1, 0.15) is 11.6 Å². The number of likely N-dealkylation sites (tertiary alicyclic amines) is 1. The number of nitrogens with one attached hydrogen (secondary N) is 2. The number of amides is 2. The second kappa shape index (κ2) is 13.2. The second-order valence-corrected chi connectivity index (χ2v) is 6.04. The molecule has 0 bridgehead atoms. The van der Waals surface area contributed by atoms with E-state index in [-0.39, 0.29) is 17.4 Å². The van der Waals surface area contributed by atoms with E-state index < -0.39 is 0 Å². The molecule has 7 heteroatoms. The van der Waals surface area contributed by atoms with Crippen molar-refractivity contribution in [2.45, 2.75) is 45.4 Å². The molecule has 1 rings (SSSR count). The summed E-state index contributed by atoms with van der Waals surface area (Å²) in [5.74, 6) is -0.162. The van der Waals surface area contributed by atoms with E-state index in [2.05, 4.69) is 17.6 Å². The Morgan fingerprint density at radius 3 is 2.80 bits per heavy atom. The number of nitriles is 1. The molecule has 2 N–H and O–H groups in total. The zero-order chi connectivity index (χ0) is 18.3. The van der Waals surface area contributed by atoms with Crippen molar-refractivity contribution < 1.29 is 14.3 Å². The summed E-state index contributed by atoms with van der Waals surface area (Å²) in [5.41, 5.74) is 0.0594. The van der Waals surface area contributed by atoms with Crippen molar-refractivity contribution in [3.63, 3.8) is 0 Å². The molecule has 0 aliphatic carbocycles. The zero-order valence-electron chi connectivity index (χ0n) is 15.2. The highest BCUT2D eigenvalue weighted by Gasteiger charge is 2.18. The van der Waals surface area contributed by atoms with E-state index >= 15 is 0 Å². The van der Waals surface area contributed by atoms with E-state index in [1.54, 1.807) is 0 Å². The van der Waals surface area contributed by atoms with Gasteiger partial charge in [-0.2, -0.15) is 5.26 Å². The van der Waals surface area contributed by atoms with E-state index in [0.717, 1.165) is 45.3 Å². The molecule has 0 atom stereocenters. The van der Waals surface area contributed by atoms with Gasteiger partial charge in [-0.25, -0.2) is 0 Å². The van der Waals surface area contributed by atoms with Gasteiger partial charge in [-0.1, -0.05) is 13.3 Å². The average molecular weight is 350 g/mol. The molecule has 1 aliphatic heterocycles. The maximum absolute atomic E-state index is 11.9. The number of nitrogens with zero attached hydrogens (tertiary/aromatic N) is 2. The van der Waals surface area contributed by atoms with Crippen molar-refractivity contribution in [1.29, 1.82) is 5.26 Å². The van der Waals surface area contributed by atoms with Crippen molar-refractivity contribution in [3.05, 3.63) is 11.8 Å². The monoisotopic (exact) mass is 350 g/mol. The van der Waals surface area contributed by atoms with Gasteiger partial charge in [0.15, 0.2) is 0 Å². The third-order valence-electron chi connectivity index (χ3n) is 3.93. The van der Waals surface area contributed by atoms with Crippen molar-refractivity contribution in [3.8, 4) is 6.07 Å². The van der Waals surface area contributed by atoms with Crippen LogP contribution in [0.5, 0.6) is 0 Å². The van der Waals surface area contributed by atoms with Crippen LogP contribution in [0.4, 0.5) is 0 Å². The van der Waals surface area contributed by atoms with Crippen LogP contribution in [0.3, 0.4) is 0 Å². The summed E-state index contributed by atoms with van der Waals surface area (Å²) < 4.78 is 5.41. The summed E-state index contributed by atoms with van der Waals surface area (Å²) in [6, 6.07) is 1.90. The molecule has 1 aliphatic rings. The third kappa shape index (κ3) is 9.11. The summed E-state index contributed by atoms with van der Waals surface area (Å²) in [6.07, 6.45) is 6.70. The van der Waals surface area contributed by atoms with Crippen LogP contribution in [-0.4, -0.2) is 56.1 Å². The molecule has 7 nitrogen and oxygen atoms in total. The molecule has 0 aromatic carbocycles. The Morgan fingerprint density at radius 1 is 1.32 bits per heavy atom. The number of carbonyl (C=O) groups is 2. The number of ether oxygens (including phenoxy) is 1. The maximum Gasteiger partial charge on any atom is 0.263 e. The molecule has 1 fully saturated rings. The highest BCUT2D eigenvalue weighted by molar-refractivity contribution is 5.97.